The van der Waals surface area contributed by atoms with Gasteiger partial charge in [-0.1, -0.05) is 13.3 Å². The standard InChI is InChI=1S/C15H31NO4S/c1-5-16-14(15(19-6-2)20-7-3)12-9-8-10-13(11-12)21(4,17)18/h12-16H,5-11H2,1-4H3. The van der Waals surface area contributed by atoms with E-state index in [0.29, 0.717) is 19.6 Å². The van der Waals surface area contributed by atoms with Crippen LogP contribution in [-0.4, -0.2) is 52.0 Å². The van der Waals surface area contributed by atoms with E-state index in [1.54, 1.807) is 0 Å². The number of nitrogens with one attached hydrogen (secondary N) is 1. The Hall–Kier alpha value is -0.170. The summed E-state index contributed by atoms with van der Waals surface area (Å²) in [6, 6.07) is 0.0550. The van der Waals surface area contributed by atoms with E-state index in [2.05, 4.69) is 12.2 Å². The van der Waals surface area contributed by atoms with Gasteiger partial charge in [0, 0.05) is 19.5 Å². The Morgan fingerprint density at radius 3 is 2.24 bits per heavy atom. The highest BCUT2D eigenvalue weighted by Gasteiger charge is 2.36. The summed E-state index contributed by atoms with van der Waals surface area (Å²) < 4.78 is 35.2. The van der Waals surface area contributed by atoms with Gasteiger partial charge in [-0.25, -0.2) is 8.42 Å². The summed E-state index contributed by atoms with van der Waals surface area (Å²) in [5, 5.41) is 3.23. The Balaban J connectivity index is 2.82. The molecule has 1 aliphatic rings. The van der Waals surface area contributed by atoms with Crippen LogP contribution in [0.4, 0.5) is 0 Å². The van der Waals surface area contributed by atoms with Crippen molar-refractivity contribution in [2.24, 2.45) is 5.92 Å². The summed E-state index contributed by atoms with van der Waals surface area (Å²) in [5.41, 5.74) is 0. The lowest BCUT2D eigenvalue weighted by molar-refractivity contribution is -0.164. The minimum atomic E-state index is -2.97. The van der Waals surface area contributed by atoms with E-state index in [4.69, 9.17) is 9.47 Å². The van der Waals surface area contributed by atoms with Crippen LogP contribution in [0.5, 0.6) is 0 Å². The molecule has 0 aromatic heterocycles. The molecule has 0 saturated heterocycles. The molecule has 5 nitrogen and oxygen atoms in total. The zero-order valence-corrected chi connectivity index (χ0v) is 14.6. The van der Waals surface area contributed by atoms with Gasteiger partial charge in [0.1, 0.15) is 9.84 Å². The molecule has 3 unspecified atom stereocenters. The van der Waals surface area contributed by atoms with Crippen LogP contribution in [0.2, 0.25) is 0 Å². The lowest BCUT2D eigenvalue weighted by Gasteiger charge is -2.37. The topological polar surface area (TPSA) is 64.6 Å². The van der Waals surface area contributed by atoms with Crippen molar-refractivity contribution in [2.75, 3.05) is 26.0 Å². The second kappa shape index (κ2) is 9.08. The zero-order valence-electron chi connectivity index (χ0n) is 13.8. The van der Waals surface area contributed by atoms with E-state index in [1.807, 2.05) is 13.8 Å². The van der Waals surface area contributed by atoms with Gasteiger partial charge < -0.3 is 14.8 Å². The Morgan fingerprint density at radius 1 is 1.14 bits per heavy atom. The highest BCUT2D eigenvalue weighted by molar-refractivity contribution is 7.91. The van der Waals surface area contributed by atoms with Crippen molar-refractivity contribution < 1.29 is 17.9 Å². The third kappa shape index (κ3) is 5.85. The Kier molecular flexibility index (Phi) is 8.16. The first-order valence-electron chi connectivity index (χ1n) is 8.09. The summed E-state index contributed by atoms with van der Waals surface area (Å²) in [6.45, 7) is 7.97. The molecule has 21 heavy (non-hydrogen) atoms. The van der Waals surface area contributed by atoms with Gasteiger partial charge >= 0.3 is 0 Å². The summed E-state index contributed by atoms with van der Waals surface area (Å²) >= 11 is 0. The molecular formula is C15H31NO4S. The summed E-state index contributed by atoms with van der Waals surface area (Å²) in [6.07, 6.45) is 4.51. The van der Waals surface area contributed by atoms with Crippen LogP contribution >= 0.6 is 0 Å². The first-order chi connectivity index (χ1) is 9.93. The molecule has 0 aliphatic heterocycles. The molecule has 3 atom stereocenters. The fourth-order valence-electron chi connectivity index (χ4n) is 3.20. The average Bonchev–Trinajstić information content (AvgIpc) is 2.44. The summed E-state index contributed by atoms with van der Waals surface area (Å²) in [5.74, 6) is 0.279. The van der Waals surface area contributed by atoms with Gasteiger partial charge in [0.15, 0.2) is 6.29 Å². The lowest BCUT2D eigenvalue weighted by atomic mass is 9.83. The predicted octanol–water partition coefficient (Wildman–Crippen LogP) is 1.97. The smallest absolute Gasteiger partial charge is 0.172 e. The van der Waals surface area contributed by atoms with Crippen LogP contribution < -0.4 is 5.32 Å². The van der Waals surface area contributed by atoms with E-state index >= 15 is 0 Å². The maximum Gasteiger partial charge on any atom is 0.172 e. The highest BCUT2D eigenvalue weighted by Crippen LogP contribution is 2.32. The van der Waals surface area contributed by atoms with Crippen molar-refractivity contribution in [2.45, 2.75) is 64.0 Å². The normalized spacial score (nSPS) is 25.2. The van der Waals surface area contributed by atoms with Crippen LogP contribution in [0.3, 0.4) is 0 Å². The third-order valence-electron chi connectivity index (χ3n) is 4.17. The second-order valence-corrected chi connectivity index (χ2v) is 8.07. The molecule has 0 amide bonds. The second-order valence-electron chi connectivity index (χ2n) is 5.74. The maximum atomic E-state index is 11.9. The third-order valence-corrected chi connectivity index (χ3v) is 5.81. The number of rotatable bonds is 9. The SMILES string of the molecule is CCNC(C1CCCC(S(C)(=O)=O)C1)C(OCC)OCC. The van der Waals surface area contributed by atoms with Crippen LogP contribution in [0, 0.1) is 5.92 Å². The van der Waals surface area contributed by atoms with E-state index in [1.165, 1.54) is 6.26 Å². The fourth-order valence-corrected chi connectivity index (χ4v) is 4.39. The van der Waals surface area contributed by atoms with Crippen LogP contribution in [-0.2, 0) is 19.3 Å². The van der Waals surface area contributed by atoms with Gasteiger partial charge in [-0.05, 0) is 45.6 Å². The molecule has 0 aromatic rings. The first kappa shape index (κ1) is 18.9. The van der Waals surface area contributed by atoms with Crippen molar-refractivity contribution >= 4 is 9.84 Å². The molecule has 0 aromatic carbocycles. The minimum absolute atomic E-state index is 0.0550. The number of sulfone groups is 1. The highest BCUT2D eigenvalue weighted by atomic mass is 32.2. The van der Waals surface area contributed by atoms with Crippen molar-refractivity contribution in [1.29, 1.82) is 0 Å². The average molecular weight is 321 g/mol. The molecule has 1 rings (SSSR count). The van der Waals surface area contributed by atoms with Crippen molar-refractivity contribution in [3.8, 4) is 0 Å². The molecule has 0 bridgehead atoms. The van der Waals surface area contributed by atoms with Gasteiger partial charge in [-0.15, -0.1) is 0 Å². The maximum absolute atomic E-state index is 11.9. The summed E-state index contributed by atoms with van der Waals surface area (Å²) in [7, 11) is -2.97. The molecule has 1 saturated carbocycles. The lowest BCUT2D eigenvalue weighted by Crippen LogP contribution is -2.50. The zero-order chi connectivity index (χ0) is 15.9. The molecule has 126 valence electrons. The van der Waals surface area contributed by atoms with Gasteiger partial charge in [0.2, 0.25) is 0 Å². The molecular weight excluding hydrogens is 290 g/mol. The van der Waals surface area contributed by atoms with Crippen molar-refractivity contribution in [3.05, 3.63) is 0 Å². The minimum Gasteiger partial charge on any atom is -0.351 e. The fraction of sp³-hybridized carbons (Fsp3) is 1.00. The molecule has 1 fully saturated rings. The van der Waals surface area contributed by atoms with Crippen molar-refractivity contribution in [3.63, 3.8) is 0 Å². The Bertz CT molecular complexity index is 379. The molecule has 0 heterocycles. The van der Waals surface area contributed by atoms with Crippen LogP contribution in [0.15, 0.2) is 0 Å². The number of hydrogen-bond donors (Lipinski definition) is 1. The van der Waals surface area contributed by atoms with Crippen LogP contribution in [0.25, 0.3) is 0 Å². The van der Waals surface area contributed by atoms with E-state index < -0.39 is 9.84 Å². The number of ether oxygens (including phenoxy) is 2. The number of likely N-dealkylation sites (N-methyl/N-ethyl adjacent to an activating group) is 1. The van der Waals surface area contributed by atoms with Crippen molar-refractivity contribution in [1.82, 2.24) is 5.32 Å². The molecule has 0 spiro atoms. The molecule has 0 radical (unpaired) electrons. The van der Waals surface area contributed by atoms with Gasteiger partial charge in [-0.2, -0.15) is 0 Å². The number of hydrogen-bond acceptors (Lipinski definition) is 5. The Morgan fingerprint density at radius 2 is 1.76 bits per heavy atom. The van der Waals surface area contributed by atoms with Crippen LogP contribution in [0.1, 0.15) is 46.5 Å². The first-order valence-corrected chi connectivity index (χ1v) is 10.0. The quantitative estimate of drug-likeness (QED) is 0.658. The predicted molar refractivity (Wildman–Crippen MR) is 85.1 cm³/mol. The van der Waals surface area contributed by atoms with E-state index in [9.17, 15) is 8.42 Å². The molecule has 1 N–H and O–H groups in total. The van der Waals surface area contributed by atoms with Gasteiger partial charge in [0.25, 0.3) is 0 Å². The molecule has 6 heteroatoms. The van der Waals surface area contributed by atoms with E-state index in [-0.39, 0.29) is 23.5 Å². The monoisotopic (exact) mass is 321 g/mol. The van der Waals surface area contributed by atoms with Gasteiger partial charge in [0.05, 0.1) is 11.3 Å². The Labute approximate surface area is 129 Å². The molecule has 1 aliphatic carbocycles. The summed E-state index contributed by atoms with van der Waals surface area (Å²) in [4.78, 5) is 0. The largest absolute Gasteiger partial charge is 0.351 e. The van der Waals surface area contributed by atoms with E-state index in [0.717, 1.165) is 25.8 Å². The van der Waals surface area contributed by atoms with Gasteiger partial charge in [-0.3, -0.25) is 0 Å².